The molecule has 6 rings (SSSR count). The summed E-state index contributed by atoms with van der Waals surface area (Å²) in [5.41, 5.74) is 4.69. The summed E-state index contributed by atoms with van der Waals surface area (Å²) in [7, 11) is -3.38. The molecule has 2 amide bonds. The van der Waals surface area contributed by atoms with Crippen molar-refractivity contribution in [2.75, 3.05) is 40.7 Å². The third kappa shape index (κ3) is 7.21. The Morgan fingerprint density at radius 3 is 2.35 bits per heavy atom. The number of hydrogen-bond acceptors (Lipinski definition) is 7. The fraction of sp³-hybridized carbons (Fsp3) is 0.250. The van der Waals surface area contributed by atoms with E-state index in [9.17, 15) is 13.2 Å². The number of carbonyl (C=O) groups is 2. The van der Waals surface area contributed by atoms with Crippen LogP contribution in [0.3, 0.4) is 0 Å². The number of benzene rings is 4. The fourth-order valence-electron chi connectivity index (χ4n) is 6.22. The highest BCUT2D eigenvalue weighted by atomic mass is 35.5. The molecule has 2 heterocycles. The number of nitrogens with one attached hydrogen (secondary N) is 2. The molecular weight excluding hydrogens is 770 g/mol. The lowest BCUT2D eigenvalue weighted by molar-refractivity contribution is -0.134. The van der Waals surface area contributed by atoms with Gasteiger partial charge in [0.2, 0.25) is 10.0 Å². The van der Waals surface area contributed by atoms with Crippen LogP contribution in [-0.4, -0.2) is 57.7 Å². The Kier molecular flexibility index (Phi) is 10.8. The van der Waals surface area contributed by atoms with Gasteiger partial charge in [0, 0.05) is 35.9 Å². The number of sulfonamides is 1. The Morgan fingerprint density at radius 1 is 0.962 bits per heavy atom. The number of halogens is 4. The lowest BCUT2D eigenvalue weighted by atomic mass is 10.0. The van der Waals surface area contributed by atoms with Crippen LogP contribution in [0, 0.1) is 13.8 Å². The Labute approximate surface area is 322 Å². The molecule has 272 valence electrons. The molecule has 0 aliphatic carbocycles. The molecule has 11 nitrogen and oxygen atoms in total. The molecule has 0 radical (unpaired) electrons. The predicted molar refractivity (Wildman–Crippen MR) is 208 cm³/mol. The van der Waals surface area contributed by atoms with Crippen molar-refractivity contribution in [3.63, 3.8) is 0 Å². The average molecular weight is 805 g/mol. The van der Waals surface area contributed by atoms with Crippen LogP contribution < -0.4 is 25.0 Å². The van der Waals surface area contributed by atoms with Crippen molar-refractivity contribution in [3.05, 3.63) is 115 Å². The molecule has 2 N–H and O–H groups in total. The number of amides is 2. The number of aryl methyl sites for hydroxylation is 2. The number of fused-ring (bicyclic) bond motifs is 1. The standard InChI is InChI=1S/C36H34Cl4N6O5S/c1-5-44(15-14-41-52(4,49)50)25-11-13-31(22(3)17-25)45-33(47)26-9-7-6-8-23(26)20-51-36(45)34(42-30-16-21(2)10-12-27(30)38)43-46(35(36)48)32-28(39)18-24(37)19-29(32)40/h6-13,16-19,41H,5,14-15,20H2,1-4H3,(H,42,43). The first-order valence-corrected chi connectivity index (χ1v) is 19.5. The highest BCUT2D eigenvalue weighted by Crippen LogP contribution is 2.44. The molecule has 0 bridgehead atoms. The van der Waals surface area contributed by atoms with Gasteiger partial charge in [-0.25, -0.2) is 23.1 Å². The fourth-order valence-corrected chi connectivity index (χ4v) is 7.83. The molecule has 1 fully saturated rings. The quantitative estimate of drug-likeness (QED) is 0.180. The highest BCUT2D eigenvalue weighted by molar-refractivity contribution is 7.88. The maximum atomic E-state index is 15.2. The molecule has 52 heavy (non-hydrogen) atoms. The van der Waals surface area contributed by atoms with E-state index >= 15 is 4.79 Å². The van der Waals surface area contributed by atoms with Crippen LogP contribution in [0.1, 0.15) is 34.0 Å². The number of anilines is 3. The maximum Gasteiger partial charge on any atom is 0.308 e. The number of aliphatic imine (C=N–C) groups is 1. The summed E-state index contributed by atoms with van der Waals surface area (Å²) >= 11 is 26.2. The normalized spacial score (nSPS) is 18.2. The van der Waals surface area contributed by atoms with E-state index < -0.39 is 27.6 Å². The summed E-state index contributed by atoms with van der Waals surface area (Å²) in [5, 5.41) is 1.77. The summed E-state index contributed by atoms with van der Waals surface area (Å²) in [5.74, 6) is -1.35. The summed E-state index contributed by atoms with van der Waals surface area (Å²) in [4.78, 5) is 38.3. The molecule has 1 atom stereocenters. The molecule has 4 aromatic rings. The minimum atomic E-state index is -3.38. The first-order valence-electron chi connectivity index (χ1n) is 16.1. The van der Waals surface area contributed by atoms with Gasteiger partial charge < -0.3 is 9.64 Å². The monoisotopic (exact) mass is 802 g/mol. The van der Waals surface area contributed by atoms with E-state index in [1.54, 1.807) is 48.5 Å². The van der Waals surface area contributed by atoms with Gasteiger partial charge in [0.15, 0.2) is 5.84 Å². The third-order valence-electron chi connectivity index (χ3n) is 8.69. The molecule has 2 aliphatic heterocycles. The van der Waals surface area contributed by atoms with Gasteiger partial charge in [-0.3, -0.25) is 19.9 Å². The number of ether oxygens (including phenoxy) is 1. The van der Waals surface area contributed by atoms with Gasteiger partial charge in [-0.15, -0.1) is 0 Å². The van der Waals surface area contributed by atoms with Crippen molar-refractivity contribution in [1.29, 1.82) is 0 Å². The van der Waals surface area contributed by atoms with Crippen LogP contribution in [-0.2, 0) is 26.2 Å². The maximum absolute atomic E-state index is 15.2. The molecule has 2 aliphatic rings. The van der Waals surface area contributed by atoms with E-state index in [1.807, 2.05) is 37.8 Å². The van der Waals surface area contributed by atoms with Gasteiger partial charge in [-0.05, 0) is 86.0 Å². The minimum absolute atomic E-state index is 0.0590. The molecular formula is C36H34Cl4N6O5S. The number of amidine groups is 1. The van der Waals surface area contributed by atoms with Crippen molar-refractivity contribution in [2.45, 2.75) is 33.1 Å². The minimum Gasteiger partial charge on any atom is -0.370 e. The number of hydrazine groups is 1. The number of nitrogens with zero attached hydrogens (tertiary/aromatic N) is 4. The van der Waals surface area contributed by atoms with Crippen molar-refractivity contribution in [2.24, 2.45) is 4.99 Å². The van der Waals surface area contributed by atoms with Gasteiger partial charge >= 0.3 is 5.91 Å². The molecule has 16 heteroatoms. The first-order chi connectivity index (χ1) is 24.6. The van der Waals surface area contributed by atoms with E-state index in [0.29, 0.717) is 46.2 Å². The van der Waals surface area contributed by atoms with Crippen LogP contribution in [0.5, 0.6) is 0 Å². The lowest BCUT2D eigenvalue weighted by Crippen LogP contribution is -2.62. The highest BCUT2D eigenvalue weighted by Gasteiger charge is 2.63. The van der Waals surface area contributed by atoms with E-state index in [4.69, 9.17) is 56.1 Å². The number of rotatable bonds is 9. The summed E-state index contributed by atoms with van der Waals surface area (Å²) in [6.45, 7) is 6.64. The largest absolute Gasteiger partial charge is 0.370 e. The zero-order valence-electron chi connectivity index (χ0n) is 28.5. The molecule has 0 aromatic heterocycles. The predicted octanol–water partition coefficient (Wildman–Crippen LogP) is 7.45. The van der Waals surface area contributed by atoms with E-state index in [-0.39, 0.29) is 39.7 Å². The Balaban J connectivity index is 1.58. The number of carbonyl (C=O) groups excluding carboxylic acids is 2. The number of hydrogen-bond donors (Lipinski definition) is 2. The van der Waals surface area contributed by atoms with Gasteiger partial charge in [-0.1, -0.05) is 70.7 Å². The molecule has 1 saturated heterocycles. The van der Waals surface area contributed by atoms with Crippen LogP contribution in [0.25, 0.3) is 0 Å². The smallest absolute Gasteiger partial charge is 0.308 e. The van der Waals surface area contributed by atoms with Crippen molar-refractivity contribution < 1.29 is 22.7 Å². The zero-order chi connectivity index (χ0) is 37.5. The topological polar surface area (TPSA) is 124 Å². The van der Waals surface area contributed by atoms with Crippen LogP contribution >= 0.6 is 46.4 Å². The summed E-state index contributed by atoms with van der Waals surface area (Å²) in [6, 6.07) is 20.5. The van der Waals surface area contributed by atoms with Crippen LogP contribution in [0.2, 0.25) is 20.1 Å². The second-order valence-corrected chi connectivity index (χ2v) is 15.8. The summed E-state index contributed by atoms with van der Waals surface area (Å²) < 4.78 is 32.6. The second-order valence-electron chi connectivity index (χ2n) is 12.3. The van der Waals surface area contributed by atoms with Gasteiger partial charge in [0.1, 0.15) is 5.69 Å². The Bertz CT molecular complexity index is 2210. The van der Waals surface area contributed by atoms with Crippen molar-refractivity contribution in [3.8, 4) is 0 Å². The van der Waals surface area contributed by atoms with Crippen molar-refractivity contribution in [1.82, 2.24) is 10.1 Å². The molecule has 1 unspecified atom stereocenters. The van der Waals surface area contributed by atoms with Gasteiger partial charge in [-0.2, -0.15) is 0 Å². The zero-order valence-corrected chi connectivity index (χ0v) is 32.3. The summed E-state index contributed by atoms with van der Waals surface area (Å²) in [6.07, 6.45) is 1.11. The van der Waals surface area contributed by atoms with Gasteiger partial charge in [0.05, 0.1) is 39.3 Å². The number of likely N-dealkylation sites (N-methyl/N-ethyl adjacent to an activating group) is 1. The van der Waals surface area contributed by atoms with E-state index in [1.165, 1.54) is 17.0 Å². The van der Waals surface area contributed by atoms with E-state index in [0.717, 1.165) is 22.5 Å². The van der Waals surface area contributed by atoms with Gasteiger partial charge in [0.25, 0.3) is 11.6 Å². The third-order valence-corrected chi connectivity index (χ3v) is 10.5. The second kappa shape index (κ2) is 14.9. The van der Waals surface area contributed by atoms with Crippen LogP contribution in [0.15, 0.2) is 77.8 Å². The van der Waals surface area contributed by atoms with Crippen molar-refractivity contribution >= 4 is 96.8 Å². The van der Waals surface area contributed by atoms with E-state index in [2.05, 4.69) is 10.1 Å². The lowest BCUT2D eigenvalue weighted by Gasteiger charge is -2.37. The molecule has 0 saturated carbocycles. The van der Waals surface area contributed by atoms with Crippen LogP contribution in [0.4, 0.5) is 22.7 Å². The molecule has 1 spiro atoms. The first kappa shape index (κ1) is 37.9. The Hall–Kier alpha value is -3.88. The SMILES string of the molecule is CCN(CCNS(C)(=O)=O)c1ccc(N2C(=O)c3ccccc3COC23C(=O)N(c2c(Cl)cc(Cl)cc2Cl)NC3=Nc2cc(C)ccc2Cl)c(C)c1. The average Bonchev–Trinajstić information content (AvgIpc) is 3.25. The Morgan fingerprint density at radius 2 is 1.67 bits per heavy atom. The molecule has 4 aromatic carbocycles.